The molecule has 16 heavy (non-hydrogen) atoms. The molecule has 1 saturated heterocycles. The predicted octanol–water partition coefficient (Wildman–Crippen LogP) is 2.19. The van der Waals surface area contributed by atoms with E-state index >= 15 is 0 Å². The van der Waals surface area contributed by atoms with Crippen LogP contribution in [0.3, 0.4) is 0 Å². The van der Waals surface area contributed by atoms with Gasteiger partial charge in [0.25, 0.3) is 0 Å². The van der Waals surface area contributed by atoms with Crippen LogP contribution in [0.1, 0.15) is 62.1 Å². The summed E-state index contributed by atoms with van der Waals surface area (Å²) in [6.07, 6.45) is 7.59. The van der Waals surface area contributed by atoms with Gasteiger partial charge in [0.05, 0.1) is 0 Å². The van der Waals surface area contributed by atoms with Crippen molar-refractivity contribution in [3.05, 3.63) is 11.7 Å². The molecule has 0 spiro atoms. The molecule has 3 rings (SSSR count). The van der Waals surface area contributed by atoms with Gasteiger partial charge in [0.2, 0.25) is 5.89 Å². The quantitative estimate of drug-likeness (QED) is 0.831. The largest absolute Gasteiger partial charge is 0.339 e. The Morgan fingerprint density at radius 1 is 1.06 bits per heavy atom. The summed E-state index contributed by atoms with van der Waals surface area (Å²) in [5, 5.41) is 7.49. The third-order valence-electron chi connectivity index (χ3n) is 3.84. The average Bonchev–Trinajstić information content (AvgIpc) is 3.01. The van der Waals surface area contributed by atoms with Gasteiger partial charge in [0.1, 0.15) is 0 Å². The van der Waals surface area contributed by atoms with E-state index in [0.717, 1.165) is 31.2 Å². The Morgan fingerprint density at radius 2 is 1.94 bits per heavy atom. The predicted molar refractivity (Wildman–Crippen MR) is 60.4 cm³/mol. The van der Waals surface area contributed by atoms with Gasteiger partial charge in [-0.25, -0.2) is 0 Å². The lowest BCUT2D eigenvalue weighted by molar-refractivity contribution is 0.311. The van der Waals surface area contributed by atoms with Gasteiger partial charge in [0, 0.05) is 18.4 Å². The Bertz CT molecular complexity index is 338. The second-order valence-corrected chi connectivity index (χ2v) is 5.02. The summed E-state index contributed by atoms with van der Waals surface area (Å²) >= 11 is 0. The third-order valence-corrected chi connectivity index (χ3v) is 3.84. The lowest BCUT2D eigenvalue weighted by atomic mass is 9.89. The first-order valence-electron chi connectivity index (χ1n) is 6.47. The summed E-state index contributed by atoms with van der Waals surface area (Å²) < 4.78 is 5.43. The smallest absolute Gasteiger partial charge is 0.229 e. The molecule has 1 atom stereocenters. The number of hydrogen-bond acceptors (Lipinski definition) is 4. The van der Waals surface area contributed by atoms with E-state index in [1.165, 1.54) is 32.1 Å². The molecule has 1 saturated carbocycles. The maximum atomic E-state index is 5.43. The van der Waals surface area contributed by atoms with Crippen LogP contribution in [-0.2, 0) is 0 Å². The third kappa shape index (κ3) is 1.98. The van der Waals surface area contributed by atoms with E-state index < -0.39 is 0 Å². The minimum atomic E-state index is 0.473. The van der Waals surface area contributed by atoms with Crippen LogP contribution < -0.4 is 5.32 Å². The van der Waals surface area contributed by atoms with Gasteiger partial charge >= 0.3 is 0 Å². The lowest BCUT2D eigenvalue weighted by Gasteiger charge is -2.17. The van der Waals surface area contributed by atoms with Gasteiger partial charge < -0.3 is 9.84 Å². The highest BCUT2D eigenvalue weighted by Gasteiger charge is 2.25. The number of aromatic nitrogens is 2. The standard InChI is InChI=1S/C12H19N3O/c1-2-4-9(5-3-1)12-14-11(15-16-12)10-6-7-13-8-10/h9-10,13H,1-8H2. The minimum absolute atomic E-state index is 0.473. The molecule has 0 bridgehead atoms. The highest BCUT2D eigenvalue weighted by Crippen LogP contribution is 2.32. The van der Waals surface area contributed by atoms with Crippen LogP contribution in [0, 0.1) is 0 Å². The minimum Gasteiger partial charge on any atom is -0.339 e. The Morgan fingerprint density at radius 3 is 2.69 bits per heavy atom. The number of rotatable bonds is 2. The number of nitrogens with one attached hydrogen (secondary N) is 1. The maximum absolute atomic E-state index is 5.43. The zero-order chi connectivity index (χ0) is 10.8. The molecule has 1 unspecified atom stereocenters. The van der Waals surface area contributed by atoms with E-state index in [9.17, 15) is 0 Å². The van der Waals surface area contributed by atoms with Crippen LogP contribution in [0.2, 0.25) is 0 Å². The van der Waals surface area contributed by atoms with Crippen molar-refractivity contribution >= 4 is 0 Å². The Hall–Kier alpha value is -0.900. The summed E-state index contributed by atoms with van der Waals surface area (Å²) in [5.74, 6) is 2.82. The molecule has 0 amide bonds. The van der Waals surface area contributed by atoms with Crippen molar-refractivity contribution in [2.24, 2.45) is 0 Å². The fourth-order valence-corrected chi connectivity index (χ4v) is 2.80. The molecular weight excluding hydrogens is 202 g/mol. The molecule has 4 nitrogen and oxygen atoms in total. The molecular formula is C12H19N3O. The van der Waals surface area contributed by atoms with E-state index in [4.69, 9.17) is 4.52 Å². The van der Waals surface area contributed by atoms with Crippen molar-refractivity contribution in [2.45, 2.75) is 50.4 Å². The molecule has 1 aliphatic heterocycles. The number of nitrogens with zero attached hydrogens (tertiary/aromatic N) is 2. The van der Waals surface area contributed by atoms with Crippen LogP contribution in [-0.4, -0.2) is 23.2 Å². The Labute approximate surface area is 95.8 Å². The summed E-state index contributed by atoms with van der Waals surface area (Å²) in [6.45, 7) is 2.08. The van der Waals surface area contributed by atoms with E-state index in [-0.39, 0.29) is 0 Å². The number of hydrogen-bond donors (Lipinski definition) is 1. The average molecular weight is 221 g/mol. The molecule has 1 aromatic heterocycles. The van der Waals surface area contributed by atoms with Gasteiger partial charge in [-0.2, -0.15) is 4.98 Å². The van der Waals surface area contributed by atoms with Gasteiger partial charge in [-0.15, -0.1) is 0 Å². The SMILES string of the molecule is C1CCC(c2nc(C3CCNC3)no2)CC1. The second kappa shape index (κ2) is 4.53. The molecule has 2 aliphatic rings. The first-order valence-corrected chi connectivity index (χ1v) is 6.47. The van der Waals surface area contributed by atoms with Crippen molar-refractivity contribution in [3.63, 3.8) is 0 Å². The van der Waals surface area contributed by atoms with Crippen molar-refractivity contribution in [1.29, 1.82) is 0 Å². The Kier molecular flexibility index (Phi) is 2.91. The molecule has 1 N–H and O–H groups in total. The van der Waals surface area contributed by atoms with E-state index in [1.807, 2.05) is 0 Å². The van der Waals surface area contributed by atoms with Crippen LogP contribution >= 0.6 is 0 Å². The van der Waals surface area contributed by atoms with E-state index in [2.05, 4.69) is 15.5 Å². The fourth-order valence-electron chi connectivity index (χ4n) is 2.80. The van der Waals surface area contributed by atoms with E-state index in [0.29, 0.717) is 11.8 Å². The van der Waals surface area contributed by atoms with Gasteiger partial charge in [0.15, 0.2) is 5.82 Å². The van der Waals surface area contributed by atoms with Crippen LogP contribution in [0.15, 0.2) is 4.52 Å². The van der Waals surface area contributed by atoms with Crippen molar-refractivity contribution < 1.29 is 4.52 Å². The second-order valence-electron chi connectivity index (χ2n) is 5.02. The van der Waals surface area contributed by atoms with Crippen molar-refractivity contribution in [2.75, 3.05) is 13.1 Å². The summed E-state index contributed by atoms with van der Waals surface area (Å²) in [7, 11) is 0. The van der Waals surface area contributed by atoms with Gasteiger partial charge in [-0.1, -0.05) is 24.4 Å². The first-order chi connectivity index (χ1) is 7.93. The summed E-state index contributed by atoms with van der Waals surface area (Å²) in [4.78, 5) is 4.60. The molecule has 4 heteroatoms. The zero-order valence-corrected chi connectivity index (χ0v) is 9.61. The molecule has 1 aromatic rings. The van der Waals surface area contributed by atoms with E-state index in [1.54, 1.807) is 0 Å². The monoisotopic (exact) mass is 221 g/mol. The molecule has 2 heterocycles. The topological polar surface area (TPSA) is 51.0 Å². The normalized spacial score (nSPS) is 27.4. The molecule has 0 radical (unpaired) electrons. The lowest BCUT2D eigenvalue weighted by Crippen LogP contribution is -2.09. The van der Waals surface area contributed by atoms with Crippen molar-refractivity contribution in [1.82, 2.24) is 15.5 Å². The summed E-state index contributed by atoms with van der Waals surface area (Å²) in [6, 6.07) is 0. The van der Waals surface area contributed by atoms with Crippen LogP contribution in [0.4, 0.5) is 0 Å². The molecule has 0 aromatic carbocycles. The van der Waals surface area contributed by atoms with Crippen LogP contribution in [0.5, 0.6) is 0 Å². The maximum Gasteiger partial charge on any atom is 0.229 e. The highest BCUT2D eigenvalue weighted by molar-refractivity contribution is 5.02. The summed E-state index contributed by atoms with van der Waals surface area (Å²) in [5.41, 5.74) is 0. The fraction of sp³-hybridized carbons (Fsp3) is 0.833. The molecule has 1 aliphatic carbocycles. The Balaban J connectivity index is 1.71. The molecule has 88 valence electrons. The van der Waals surface area contributed by atoms with Gasteiger partial charge in [-0.3, -0.25) is 0 Å². The van der Waals surface area contributed by atoms with Crippen LogP contribution in [0.25, 0.3) is 0 Å². The first kappa shape index (κ1) is 10.3. The van der Waals surface area contributed by atoms with Gasteiger partial charge in [-0.05, 0) is 25.8 Å². The highest BCUT2D eigenvalue weighted by atomic mass is 16.5. The zero-order valence-electron chi connectivity index (χ0n) is 9.61. The van der Waals surface area contributed by atoms with Crippen molar-refractivity contribution in [3.8, 4) is 0 Å². The molecule has 2 fully saturated rings.